The minimum absolute atomic E-state index is 0.0168. The van der Waals surface area contributed by atoms with E-state index >= 15 is 0 Å². The summed E-state index contributed by atoms with van der Waals surface area (Å²) in [6.07, 6.45) is 1.22. The summed E-state index contributed by atoms with van der Waals surface area (Å²) in [5, 5.41) is 9.32. The van der Waals surface area contributed by atoms with Crippen LogP contribution in [-0.4, -0.2) is 34.8 Å². The van der Waals surface area contributed by atoms with Gasteiger partial charge in [0.15, 0.2) is 4.80 Å². The largest absolute Gasteiger partial charge is 0.496 e. The van der Waals surface area contributed by atoms with Crippen molar-refractivity contribution >= 4 is 56.9 Å². The molecule has 9 nitrogen and oxygen atoms in total. The van der Waals surface area contributed by atoms with E-state index in [0.29, 0.717) is 43.4 Å². The molecule has 0 fully saturated rings. The van der Waals surface area contributed by atoms with Gasteiger partial charge in [0.25, 0.3) is 5.56 Å². The first-order valence-electron chi connectivity index (χ1n) is 12.7. The molecule has 4 aromatic rings. The van der Waals surface area contributed by atoms with Crippen LogP contribution in [-0.2, 0) is 9.53 Å². The van der Waals surface area contributed by atoms with Gasteiger partial charge in [0, 0.05) is 21.7 Å². The summed E-state index contributed by atoms with van der Waals surface area (Å²) in [6.45, 7) is 5.22. The lowest BCUT2D eigenvalue weighted by Crippen LogP contribution is -2.40. The minimum Gasteiger partial charge on any atom is -0.496 e. The second-order valence-electron chi connectivity index (χ2n) is 9.62. The molecular weight excluding hydrogens is 648 g/mol. The molecule has 42 heavy (non-hydrogen) atoms. The Morgan fingerprint density at radius 3 is 2.62 bits per heavy atom. The average Bonchev–Trinajstić information content (AvgIpc) is 3.51. The lowest BCUT2D eigenvalue weighted by molar-refractivity contribution is -0.143. The maximum atomic E-state index is 13.9. The maximum Gasteiger partial charge on any atom is 0.338 e. The summed E-state index contributed by atoms with van der Waals surface area (Å²) < 4.78 is 19.7. The van der Waals surface area contributed by atoms with Crippen LogP contribution in [0, 0.1) is 0 Å². The van der Waals surface area contributed by atoms with Gasteiger partial charge in [0.05, 0.1) is 39.6 Å². The summed E-state index contributed by atoms with van der Waals surface area (Å²) >= 11 is 10.8. The van der Waals surface area contributed by atoms with Gasteiger partial charge in [-0.3, -0.25) is 9.36 Å². The average molecular weight is 672 g/mol. The fraction of sp³-hybridized carbons (Fsp3) is 0.200. The number of carboxylic acid groups (broad SMARTS) is 1. The molecule has 0 amide bonds. The molecule has 0 saturated carbocycles. The molecule has 2 aromatic heterocycles. The van der Waals surface area contributed by atoms with Crippen molar-refractivity contribution in [2.75, 3.05) is 7.11 Å². The SMILES string of the molecule is COc1ccc(Br)cc1[C@H]1C(C(=O)OC(C)C)=C(C)N=c2s/c(=C\c3ccc(-c4ccc(C(=O)O)c(Cl)c4)o3)c(=O)n21. The van der Waals surface area contributed by atoms with Gasteiger partial charge in [-0.05, 0) is 63.2 Å². The predicted octanol–water partition coefficient (Wildman–Crippen LogP) is 5.57. The molecule has 12 heteroatoms. The van der Waals surface area contributed by atoms with E-state index in [1.165, 1.54) is 23.8 Å². The number of hydrogen-bond donors (Lipinski definition) is 1. The van der Waals surface area contributed by atoms with Gasteiger partial charge in [0.1, 0.15) is 23.3 Å². The van der Waals surface area contributed by atoms with Gasteiger partial charge >= 0.3 is 11.9 Å². The van der Waals surface area contributed by atoms with Crippen LogP contribution < -0.4 is 19.6 Å². The molecule has 0 aliphatic carbocycles. The number of fused-ring (bicyclic) bond motifs is 1. The Balaban J connectivity index is 1.64. The van der Waals surface area contributed by atoms with Crippen molar-refractivity contribution < 1.29 is 28.6 Å². The zero-order chi connectivity index (χ0) is 30.3. The first-order chi connectivity index (χ1) is 20.0. The lowest BCUT2D eigenvalue weighted by Gasteiger charge is -2.26. The predicted molar refractivity (Wildman–Crippen MR) is 162 cm³/mol. The van der Waals surface area contributed by atoms with Crippen LogP contribution in [0.15, 0.2) is 78.5 Å². The zero-order valence-corrected chi connectivity index (χ0v) is 26.0. The number of ether oxygens (including phenoxy) is 2. The quantitative estimate of drug-likeness (QED) is 0.255. The molecule has 1 aliphatic heterocycles. The highest BCUT2D eigenvalue weighted by Gasteiger charge is 2.35. The third kappa shape index (κ3) is 5.59. The van der Waals surface area contributed by atoms with Crippen LogP contribution in [0.4, 0.5) is 0 Å². The minimum atomic E-state index is -1.13. The highest BCUT2D eigenvalue weighted by molar-refractivity contribution is 9.10. The van der Waals surface area contributed by atoms with Crippen molar-refractivity contribution in [1.82, 2.24) is 4.57 Å². The summed E-state index contributed by atoms with van der Waals surface area (Å²) in [7, 11) is 1.52. The van der Waals surface area contributed by atoms with E-state index in [4.69, 9.17) is 25.5 Å². The third-order valence-corrected chi connectivity index (χ3v) is 8.24. The Morgan fingerprint density at radius 1 is 1.19 bits per heavy atom. The third-order valence-electron chi connectivity index (χ3n) is 6.45. The highest BCUT2D eigenvalue weighted by atomic mass is 79.9. The molecule has 2 aromatic carbocycles. The number of halogens is 2. The highest BCUT2D eigenvalue weighted by Crippen LogP contribution is 2.37. The number of allylic oxidation sites excluding steroid dienone is 1. The first kappa shape index (κ1) is 29.6. The summed E-state index contributed by atoms with van der Waals surface area (Å²) in [5.41, 5.74) is 1.45. The summed E-state index contributed by atoms with van der Waals surface area (Å²) in [5.74, 6) is -0.377. The first-order valence-corrected chi connectivity index (χ1v) is 14.7. The van der Waals surface area contributed by atoms with Crippen LogP contribution in [0.2, 0.25) is 5.02 Å². The molecular formula is C30H24BrClN2O7S. The van der Waals surface area contributed by atoms with Gasteiger partial charge in [-0.15, -0.1) is 0 Å². The number of nitrogens with zero attached hydrogens (tertiary/aromatic N) is 2. The molecule has 1 atom stereocenters. The number of aromatic carboxylic acids is 1. The second-order valence-corrected chi connectivity index (χ2v) is 12.0. The smallest absolute Gasteiger partial charge is 0.338 e. The zero-order valence-electron chi connectivity index (χ0n) is 22.8. The van der Waals surface area contributed by atoms with E-state index in [1.807, 2.05) is 12.1 Å². The Kier molecular flexibility index (Phi) is 8.27. The number of carbonyl (C=O) groups excluding carboxylic acids is 1. The Labute approximate surface area is 257 Å². The molecule has 1 aliphatic rings. The molecule has 0 saturated heterocycles. The van der Waals surface area contributed by atoms with Crippen molar-refractivity contribution in [1.29, 1.82) is 0 Å². The van der Waals surface area contributed by atoms with E-state index < -0.39 is 18.0 Å². The Morgan fingerprint density at radius 2 is 1.95 bits per heavy atom. The molecule has 0 radical (unpaired) electrons. The Hall–Kier alpha value is -3.93. The lowest BCUT2D eigenvalue weighted by atomic mass is 9.95. The number of furan rings is 1. The Bertz CT molecular complexity index is 1950. The molecule has 5 rings (SSSR count). The number of rotatable bonds is 7. The number of methoxy groups -OCH3 is 1. The van der Waals surface area contributed by atoms with Crippen molar-refractivity contribution in [3.8, 4) is 17.1 Å². The van der Waals surface area contributed by atoms with Crippen molar-refractivity contribution in [2.24, 2.45) is 4.99 Å². The van der Waals surface area contributed by atoms with E-state index in [-0.39, 0.29) is 27.8 Å². The van der Waals surface area contributed by atoms with Crippen molar-refractivity contribution in [3.05, 3.63) is 106 Å². The summed E-state index contributed by atoms with van der Waals surface area (Å²) in [6, 6.07) is 12.4. The number of carboxylic acids is 1. The van der Waals surface area contributed by atoms with Crippen molar-refractivity contribution in [3.63, 3.8) is 0 Å². The normalized spacial score (nSPS) is 15.0. The van der Waals surface area contributed by atoms with Crippen LogP contribution in [0.5, 0.6) is 5.75 Å². The van der Waals surface area contributed by atoms with Gasteiger partial charge in [-0.25, -0.2) is 14.6 Å². The number of hydrogen-bond acceptors (Lipinski definition) is 8. The monoisotopic (exact) mass is 670 g/mol. The maximum absolute atomic E-state index is 13.9. The van der Waals surface area contributed by atoms with E-state index in [1.54, 1.807) is 51.1 Å². The van der Waals surface area contributed by atoms with Gasteiger partial charge in [-0.2, -0.15) is 0 Å². The number of esters is 1. The van der Waals surface area contributed by atoms with Gasteiger partial charge in [0.2, 0.25) is 0 Å². The standard InChI is InChI=1S/C30H24BrClN2O7S/c1-14(2)40-29(38)25-15(3)33-30-34(26(25)20-12-17(31)6-9-23(20)39-4)27(35)24(42-30)13-18-7-10-22(41-18)16-5-8-19(28(36)37)21(32)11-16/h5-14,26H,1-4H3,(H,36,37)/b24-13-/t26-/m0/s1. The molecule has 0 bridgehead atoms. The number of thiazole rings is 1. The topological polar surface area (TPSA) is 120 Å². The molecule has 0 spiro atoms. The summed E-state index contributed by atoms with van der Waals surface area (Å²) in [4.78, 5) is 43.6. The van der Waals surface area contributed by atoms with E-state index in [9.17, 15) is 19.5 Å². The fourth-order valence-corrected chi connectivity index (χ4v) is 6.30. The molecule has 3 heterocycles. The van der Waals surface area contributed by atoms with Gasteiger partial charge < -0.3 is 19.0 Å². The molecule has 1 N–H and O–H groups in total. The van der Waals surface area contributed by atoms with E-state index in [2.05, 4.69) is 20.9 Å². The van der Waals surface area contributed by atoms with Crippen molar-refractivity contribution in [2.45, 2.75) is 32.9 Å². The van der Waals surface area contributed by atoms with Crippen LogP contribution in [0.1, 0.15) is 48.5 Å². The number of carbonyl (C=O) groups is 2. The number of aromatic nitrogens is 1. The van der Waals surface area contributed by atoms with E-state index in [0.717, 1.165) is 15.8 Å². The molecule has 216 valence electrons. The van der Waals surface area contributed by atoms with Gasteiger partial charge in [-0.1, -0.05) is 44.9 Å². The van der Waals surface area contributed by atoms with Crippen LogP contribution in [0.25, 0.3) is 17.4 Å². The van der Waals surface area contributed by atoms with Crippen LogP contribution >= 0.6 is 38.9 Å². The number of benzene rings is 2. The fourth-order valence-electron chi connectivity index (χ4n) is 4.63. The second kappa shape index (κ2) is 11.7. The molecule has 0 unspecified atom stereocenters. The van der Waals surface area contributed by atoms with Crippen LogP contribution in [0.3, 0.4) is 0 Å².